The van der Waals surface area contributed by atoms with Gasteiger partial charge in [0.2, 0.25) is 5.91 Å². The second-order valence-electron chi connectivity index (χ2n) is 5.55. The maximum absolute atomic E-state index is 12.8. The number of carbonyl (C=O) groups is 1. The van der Waals surface area contributed by atoms with E-state index < -0.39 is 0 Å². The molecule has 0 bridgehead atoms. The Morgan fingerprint density at radius 1 is 1.19 bits per heavy atom. The van der Waals surface area contributed by atoms with Crippen LogP contribution in [0.25, 0.3) is 0 Å². The molecule has 21 heavy (non-hydrogen) atoms. The van der Waals surface area contributed by atoms with E-state index in [9.17, 15) is 4.79 Å². The summed E-state index contributed by atoms with van der Waals surface area (Å²) in [5.74, 6) is 0.222. The number of amides is 1. The Labute approximate surface area is 128 Å². The molecule has 3 nitrogen and oxygen atoms in total. The maximum atomic E-state index is 12.8. The van der Waals surface area contributed by atoms with Gasteiger partial charge in [-0.05, 0) is 48.2 Å². The van der Waals surface area contributed by atoms with E-state index in [1.54, 1.807) is 11.8 Å². The fourth-order valence-electron chi connectivity index (χ4n) is 3.14. The van der Waals surface area contributed by atoms with E-state index in [-0.39, 0.29) is 11.2 Å². The van der Waals surface area contributed by atoms with E-state index in [2.05, 4.69) is 12.1 Å². The van der Waals surface area contributed by atoms with Crippen LogP contribution in [0, 0.1) is 0 Å². The second-order valence-corrected chi connectivity index (χ2v) is 6.79. The first kappa shape index (κ1) is 12.8. The first-order valence-corrected chi connectivity index (χ1v) is 8.05. The summed E-state index contributed by atoms with van der Waals surface area (Å²) in [6, 6.07) is 14.1. The summed E-state index contributed by atoms with van der Waals surface area (Å²) in [5.41, 5.74) is 10.1. The average molecular weight is 296 g/mol. The van der Waals surface area contributed by atoms with Gasteiger partial charge in [0.25, 0.3) is 0 Å². The summed E-state index contributed by atoms with van der Waals surface area (Å²) < 4.78 is 0. The topological polar surface area (TPSA) is 46.3 Å². The third-order valence-electron chi connectivity index (χ3n) is 4.19. The summed E-state index contributed by atoms with van der Waals surface area (Å²) in [4.78, 5) is 16.0. The minimum atomic E-state index is 0.00547. The van der Waals surface area contributed by atoms with Crippen molar-refractivity contribution in [3.8, 4) is 0 Å². The third-order valence-corrected chi connectivity index (χ3v) is 5.49. The summed E-state index contributed by atoms with van der Waals surface area (Å²) in [6.45, 7) is 0.769. The molecule has 0 aliphatic carbocycles. The standard InChI is InChI=1S/C17H16N2OS/c18-13-5-6-14-11(9-13)7-8-19(14)17(20)16-10-12-3-1-2-4-15(12)21-16/h1-6,9,16H,7-8,10,18H2. The van der Waals surface area contributed by atoms with Gasteiger partial charge in [0.05, 0.1) is 5.25 Å². The van der Waals surface area contributed by atoms with Gasteiger partial charge in [-0.3, -0.25) is 4.79 Å². The average Bonchev–Trinajstić information content (AvgIpc) is 3.09. The van der Waals surface area contributed by atoms with E-state index in [0.29, 0.717) is 0 Å². The van der Waals surface area contributed by atoms with Gasteiger partial charge >= 0.3 is 0 Å². The second kappa shape index (κ2) is 4.81. The molecule has 4 rings (SSSR count). The fraction of sp³-hybridized carbons (Fsp3) is 0.235. The van der Waals surface area contributed by atoms with E-state index in [1.807, 2.05) is 35.2 Å². The van der Waals surface area contributed by atoms with Crippen LogP contribution in [0.2, 0.25) is 0 Å². The summed E-state index contributed by atoms with van der Waals surface area (Å²) in [5, 5.41) is 0.00547. The Bertz CT molecular complexity index is 703. The number of anilines is 2. The number of nitrogen functional groups attached to an aromatic ring is 1. The van der Waals surface area contributed by atoms with Crippen molar-refractivity contribution in [3.05, 3.63) is 53.6 Å². The molecule has 0 aromatic heterocycles. The van der Waals surface area contributed by atoms with Crippen LogP contribution >= 0.6 is 11.8 Å². The van der Waals surface area contributed by atoms with Crippen molar-refractivity contribution >= 4 is 29.0 Å². The Hall–Kier alpha value is -1.94. The van der Waals surface area contributed by atoms with Crippen LogP contribution in [-0.4, -0.2) is 17.7 Å². The van der Waals surface area contributed by atoms with Gasteiger partial charge in [-0.2, -0.15) is 0 Å². The first-order valence-electron chi connectivity index (χ1n) is 7.17. The molecular formula is C17H16N2OS. The van der Waals surface area contributed by atoms with E-state index in [4.69, 9.17) is 5.73 Å². The number of nitrogens with two attached hydrogens (primary N) is 1. The van der Waals surface area contributed by atoms with Crippen molar-refractivity contribution in [2.75, 3.05) is 17.2 Å². The number of hydrogen-bond acceptors (Lipinski definition) is 3. The number of hydrogen-bond donors (Lipinski definition) is 1. The molecule has 0 saturated heterocycles. The Morgan fingerprint density at radius 3 is 2.90 bits per heavy atom. The van der Waals surface area contributed by atoms with Gasteiger partial charge in [0.1, 0.15) is 0 Å². The predicted molar refractivity (Wildman–Crippen MR) is 86.7 cm³/mol. The first-order chi connectivity index (χ1) is 10.2. The Kier molecular flexibility index (Phi) is 2.93. The van der Waals surface area contributed by atoms with Crippen LogP contribution < -0.4 is 10.6 Å². The van der Waals surface area contributed by atoms with Crippen molar-refractivity contribution in [1.82, 2.24) is 0 Å². The quantitative estimate of drug-likeness (QED) is 0.823. The molecule has 2 heterocycles. The zero-order chi connectivity index (χ0) is 14.4. The lowest BCUT2D eigenvalue weighted by atomic mass is 10.1. The summed E-state index contributed by atoms with van der Waals surface area (Å²) in [7, 11) is 0. The third kappa shape index (κ3) is 2.10. The molecule has 2 N–H and O–H groups in total. The van der Waals surface area contributed by atoms with Gasteiger partial charge in [-0.15, -0.1) is 11.8 Å². The van der Waals surface area contributed by atoms with Gasteiger partial charge < -0.3 is 10.6 Å². The van der Waals surface area contributed by atoms with Crippen molar-refractivity contribution in [2.45, 2.75) is 23.0 Å². The lowest BCUT2D eigenvalue weighted by Crippen LogP contribution is -2.36. The molecule has 0 fully saturated rings. The molecular weight excluding hydrogens is 280 g/mol. The predicted octanol–water partition coefficient (Wildman–Crippen LogP) is 2.87. The highest BCUT2D eigenvalue weighted by Gasteiger charge is 2.34. The van der Waals surface area contributed by atoms with E-state index in [0.717, 1.165) is 30.8 Å². The van der Waals surface area contributed by atoms with Crippen molar-refractivity contribution in [2.24, 2.45) is 0 Å². The van der Waals surface area contributed by atoms with Gasteiger partial charge in [-0.25, -0.2) is 0 Å². The zero-order valence-corrected chi connectivity index (χ0v) is 12.4. The van der Waals surface area contributed by atoms with Crippen LogP contribution in [0.15, 0.2) is 47.4 Å². The number of carbonyl (C=O) groups excluding carboxylic acids is 1. The smallest absolute Gasteiger partial charge is 0.240 e. The SMILES string of the molecule is Nc1ccc2c(c1)CCN2C(=O)C1Cc2ccccc2S1. The Morgan fingerprint density at radius 2 is 2.05 bits per heavy atom. The minimum absolute atomic E-state index is 0.00547. The van der Waals surface area contributed by atoms with Crippen LogP contribution in [0.5, 0.6) is 0 Å². The lowest BCUT2D eigenvalue weighted by molar-refractivity contribution is -0.117. The van der Waals surface area contributed by atoms with Crippen LogP contribution in [-0.2, 0) is 17.6 Å². The zero-order valence-electron chi connectivity index (χ0n) is 11.6. The molecule has 1 amide bonds. The van der Waals surface area contributed by atoms with Crippen LogP contribution in [0.3, 0.4) is 0 Å². The normalized spacial score (nSPS) is 19.4. The molecule has 0 saturated carbocycles. The van der Waals surface area contributed by atoms with Gasteiger partial charge in [0, 0.05) is 22.8 Å². The molecule has 2 aliphatic rings. The Balaban J connectivity index is 1.59. The minimum Gasteiger partial charge on any atom is -0.399 e. The highest BCUT2D eigenvalue weighted by molar-refractivity contribution is 8.01. The number of benzene rings is 2. The van der Waals surface area contributed by atoms with E-state index >= 15 is 0 Å². The van der Waals surface area contributed by atoms with Gasteiger partial charge in [0.15, 0.2) is 0 Å². The number of rotatable bonds is 1. The van der Waals surface area contributed by atoms with Gasteiger partial charge in [-0.1, -0.05) is 18.2 Å². The largest absolute Gasteiger partial charge is 0.399 e. The number of fused-ring (bicyclic) bond motifs is 2. The molecule has 0 radical (unpaired) electrons. The van der Waals surface area contributed by atoms with Crippen molar-refractivity contribution in [1.29, 1.82) is 0 Å². The van der Waals surface area contributed by atoms with Crippen molar-refractivity contribution in [3.63, 3.8) is 0 Å². The fourth-order valence-corrected chi connectivity index (χ4v) is 4.40. The molecule has 2 aromatic rings. The number of nitrogens with zero attached hydrogens (tertiary/aromatic N) is 1. The molecule has 106 valence electrons. The monoisotopic (exact) mass is 296 g/mol. The summed E-state index contributed by atoms with van der Waals surface area (Å²) >= 11 is 1.69. The lowest BCUT2D eigenvalue weighted by Gasteiger charge is -2.20. The molecule has 0 spiro atoms. The molecule has 2 aromatic carbocycles. The molecule has 4 heteroatoms. The summed E-state index contributed by atoms with van der Waals surface area (Å²) in [6.07, 6.45) is 1.73. The maximum Gasteiger partial charge on any atom is 0.240 e. The molecule has 2 aliphatic heterocycles. The van der Waals surface area contributed by atoms with Crippen molar-refractivity contribution < 1.29 is 4.79 Å². The highest BCUT2D eigenvalue weighted by atomic mass is 32.2. The molecule has 1 atom stereocenters. The molecule has 1 unspecified atom stereocenters. The van der Waals surface area contributed by atoms with E-state index in [1.165, 1.54) is 16.0 Å². The van der Waals surface area contributed by atoms with Crippen LogP contribution in [0.1, 0.15) is 11.1 Å². The van der Waals surface area contributed by atoms with Crippen LogP contribution in [0.4, 0.5) is 11.4 Å². The highest BCUT2D eigenvalue weighted by Crippen LogP contribution is 2.39. The number of thioether (sulfide) groups is 1.